The molecular formula is C21H23NO2. The second-order valence-electron chi connectivity index (χ2n) is 6.07. The van der Waals surface area contributed by atoms with Crippen molar-refractivity contribution < 1.29 is 9.84 Å². The lowest BCUT2D eigenvalue weighted by molar-refractivity contribution is 0.111. The van der Waals surface area contributed by atoms with Crippen LogP contribution in [0.5, 0.6) is 5.75 Å². The summed E-state index contributed by atoms with van der Waals surface area (Å²) in [6.07, 6.45) is -0.596. The van der Waals surface area contributed by atoms with Crippen LogP contribution in [0.3, 0.4) is 0 Å². The molecule has 0 bridgehead atoms. The van der Waals surface area contributed by atoms with Gasteiger partial charge >= 0.3 is 0 Å². The smallest absolute Gasteiger partial charge is 0.119 e. The molecule has 0 radical (unpaired) electrons. The minimum absolute atomic E-state index is 0.000198. The van der Waals surface area contributed by atoms with Gasteiger partial charge < -0.3 is 9.84 Å². The van der Waals surface area contributed by atoms with Crippen LogP contribution in [0.25, 0.3) is 10.8 Å². The van der Waals surface area contributed by atoms with E-state index < -0.39 is 6.23 Å². The summed E-state index contributed by atoms with van der Waals surface area (Å²) in [6, 6.07) is 22.4. The molecule has 0 saturated heterocycles. The first-order valence-corrected chi connectivity index (χ1v) is 8.20. The molecule has 0 aliphatic rings. The van der Waals surface area contributed by atoms with Crippen molar-refractivity contribution in [3.8, 4) is 5.75 Å². The number of hydrogen-bond donors (Lipinski definition) is 2. The predicted octanol–water partition coefficient (Wildman–Crippen LogP) is 4.06. The molecule has 124 valence electrons. The number of aliphatic hydroxyl groups excluding tert-OH is 1. The maximum atomic E-state index is 10.5. The van der Waals surface area contributed by atoms with Crippen molar-refractivity contribution in [3.63, 3.8) is 0 Å². The fourth-order valence-corrected chi connectivity index (χ4v) is 2.83. The Morgan fingerprint density at radius 2 is 1.67 bits per heavy atom. The zero-order valence-corrected chi connectivity index (χ0v) is 14.1. The molecule has 0 amide bonds. The van der Waals surface area contributed by atoms with Gasteiger partial charge in [-0.25, -0.2) is 0 Å². The molecule has 3 nitrogen and oxygen atoms in total. The highest BCUT2D eigenvalue weighted by atomic mass is 16.5. The third-order valence-electron chi connectivity index (χ3n) is 4.43. The summed E-state index contributed by atoms with van der Waals surface area (Å²) in [5.74, 6) is 0.855. The van der Waals surface area contributed by atoms with Crippen LogP contribution in [0.4, 0.5) is 0 Å². The Morgan fingerprint density at radius 3 is 2.42 bits per heavy atom. The Balaban J connectivity index is 1.71. The SMILES string of the molecule is COc1ccc2cc(C(C)C(O)NCc3ccccc3)ccc2c1. The largest absolute Gasteiger partial charge is 0.497 e. The third-order valence-corrected chi connectivity index (χ3v) is 4.43. The van der Waals surface area contributed by atoms with Crippen LogP contribution in [0.1, 0.15) is 24.0 Å². The third kappa shape index (κ3) is 3.75. The fraction of sp³-hybridized carbons (Fsp3) is 0.238. The van der Waals surface area contributed by atoms with Gasteiger partial charge in [-0.15, -0.1) is 0 Å². The summed E-state index contributed by atoms with van der Waals surface area (Å²) < 4.78 is 5.26. The van der Waals surface area contributed by atoms with Crippen molar-refractivity contribution in [2.45, 2.75) is 25.6 Å². The number of rotatable bonds is 6. The standard InChI is InChI=1S/C21H23NO2/c1-15(21(23)22-14-16-6-4-3-5-7-16)17-8-9-19-13-20(24-2)11-10-18(19)12-17/h3-13,15,21-23H,14H2,1-2H3. The van der Waals surface area contributed by atoms with Crippen molar-refractivity contribution >= 4 is 10.8 Å². The van der Waals surface area contributed by atoms with Gasteiger partial charge in [0.2, 0.25) is 0 Å². The van der Waals surface area contributed by atoms with Crippen LogP contribution in [0.2, 0.25) is 0 Å². The molecule has 3 aromatic carbocycles. The van der Waals surface area contributed by atoms with Crippen molar-refractivity contribution in [2.75, 3.05) is 7.11 Å². The van der Waals surface area contributed by atoms with Crippen LogP contribution in [0, 0.1) is 0 Å². The van der Waals surface area contributed by atoms with Gasteiger partial charge in [-0.3, -0.25) is 5.32 Å². The second-order valence-corrected chi connectivity index (χ2v) is 6.07. The molecular weight excluding hydrogens is 298 g/mol. The number of nitrogens with one attached hydrogen (secondary N) is 1. The van der Waals surface area contributed by atoms with E-state index >= 15 is 0 Å². The number of ether oxygens (including phenoxy) is 1. The van der Waals surface area contributed by atoms with Crippen LogP contribution >= 0.6 is 0 Å². The predicted molar refractivity (Wildman–Crippen MR) is 98.2 cm³/mol. The molecule has 3 heteroatoms. The van der Waals surface area contributed by atoms with Crippen LogP contribution in [-0.2, 0) is 6.54 Å². The first-order valence-electron chi connectivity index (χ1n) is 8.20. The van der Waals surface area contributed by atoms with Crippen molar-refractivity contribution in [2.24, 2.45) is 0 Å². The molecule has 0 spiro atoms. The number of benzene rings is 3. The Bertz CT molecular complexity index is 801. The minimum Gasteiger partial charge on any atom is -0.497 e. The summed E-state index contributed by atoms with van der Waals surface area (Å²) in [6.45, 7) is 2.68. The maximum Gasteiger partial charge on any atom is 0.119 e. The summed E-state index contributed by atoms with van der Waals surface area (Å²) in [7, 11) is 1.67. The molecule has 0 fully saturated rings. The Kier molecular flexibility index (Phi) is 5.14. The van der Waals surface area contributed by atoms with Gasteiger partial charge in [0.15, 0.2) is 0 Å². The van der Waals surface area contributed by atoms with Gasteiger partial charge in [0.25, 0.3) is 0 Å². The van der Waals surface area contributed by atoms with E-state index in [2.05, 4.69) is 23.5 Å². The molecule has 3 rings (SSSR count). The number of methoxy groups -OCH3 is 1. The van der Waals surface area contributed by atoms with Gasteiger partial charge in [0.05, 0.1) is 7.11 Å². The second kappa shape index (κ2) is 7.47. The number of fused-ring (bicyclic) bond motifs is 1. The number of hydrogen-bond acceptors (Lipinski definition) is 3. The summed E-state index contributed by atoms with van der Waals surface area (Å²) >= 11 is 0. The minimum atomic E-state index is -0.596. The zero-order chi connectivity index (χ0) is 16.9. The lowest BCUT2D eigenvalue weighted by Gasteiger charge is -2.21. The monoisotopic (exact) mass is 321 g/mol. The molecule has 2 N–H and O–H groups in total. The topological polar surface area (TPSA) is 41.5 Å². The highest BCUT2D eigenvalue weighted by Gasteiger charge is 2.16. The first kappa shape index (κ1) is 16.5. The highest BCUT2D eigenvalue weighted by molar-refractivity contribution is 5.84. The molecule has 0 aliphatic carbocycles. The molecule has 0 saturated carbocycles. The molecule has 2 unspecified atom stereocenters. The Morgan fingerprint density at radius 1 is 0.958 bits per heavy atom. The van der Waals surface area contributed by atoms with Crippen LogP contribution < -0.4 is 10.1 Å². The first-order chi connectivity index (χ1) is 11.7. The average molecular weight is 321 g/mol. The maximum absolute atomic E-state index is 10.5. The fourth-order valence-electron chi connectivity index (χ4n) is 2.83. The van der Waals surface area contributed by atoms with E-state index in [1.807, 2.05) is 55.5 Å². The average Bonchev–Trinajstić information content (AvgIpc) is 2.65. The van der Waals surface area contributed by atoms with E-state index in [1.165, 1.54) is 0 Å². The zero-order valence-electron chi connectivity index (χ0n) is 14.1. The van der Waals surface area contributed by atoms with E-state index in [0.717, 1.165) is 27.6 Å². The van der Waals surface area contributed by atoms with E-state index in [0.29, 0.717) is 6.54 Å². The van der Waals surface area contributed by atoms with Gasteiger partial charge in [0, 0.05) is 12.5 Å². The molecule has 0 aromatic heterocycles. The van der Waals surface area contributed by atoms with Crippen molar-refractivity contribution in [3.05, 3.63) is 77.9 Å². The summed E-state index contributed by atoms with van der Waals surface area (Å²) in [5.41, 5.74) is 2.27. The van der Waals surface area contributed by atoms with Crippen molar-refractivity contribution in [1.82, 2.24) is 5.32 Å². The van der Waals surface area contributed by atoms with E-state index in [1.54, 1.807) is 7.11 Å². The lowest BCUT2D eigenvalue weighted by Crippen LogP contribution is -2.33. The Labute approximate surface area is 142 Å². The normalized spacial score (nSPS) is 13.6. The number of aliphatic hydroxyl groups is 1. The van der Waals surface area contributed by atoms with Gasteiger partial charge in [0.1, 0.15) is 12.0 Å². The van der Waals surface area contributed by atoms with Gasteiger partial charge in [-0.1, -0.05) is 61.5 Å². The molecule has 0 heterocycles. The molecule has 3 aromatic rings. The molecule has 0 aliphatic heterocycles. The lowest BCUT2D eigenvalue weighted by atomic mass is 9.96. The van der Waals surface area contributed by atoms with Gasteiger partial charge in [-0.2, -0.15) is 0 Å². The Hall–Kier alpha value is -2.36. The van der Waals surface area contributed by atoms with Crippen molar-refractivity contribution in [1.29, 1.82) is 0 Å². The van der Waals surface area contributed by atoms with E-state index in [-0.39, 0.29) is 5.92 Å². The van der Waals surface area contributed by atoms with Gasteiger partial charge in [-0.05, 0) is 34.0 Å². The van der Waals surface area contributed by atoms with E-state index in [4.69, 9.17) is 4.74 Å². The summed E-state index contributed by atoms with van der Waals surface area (Å²) in [5, 5.41) is 15.9. The van der Waals surface area contributed by atoms with Crippen LogP contribution in [-0.4, -0.2) is 18.4 Å². The molecule has 24 heavy (non-hydrogen) atoms. The molecule has 2 atom stereocenters. The van der Waals surface area contributed by atoms with Crippen LogP contribution in [0.15, 0.2) is 66.7 Å². The van der Waals surface area contributed by atoms with E-state index in [9.17, 15) is 5.11 Å². The quantitative estimate of drug-likeness (QED) is 0.673. The summed E-state index contributed by atoms with van der Waals surface area (Å²) in [4.78, 5) is 0. The highest BCUT2D eigenvalue weighted by Crippen LogP contribution is 2.26.